The summed E-state index contributed by atoms with van der Waals surface area (Å²) in [5.74, 6) is 0. The number of hydrogen-bond acceptors (Lipinski definition) is 2. The van der Waals surface area contributed by atoms with Gasteiger partial charge in [0.1, 0.15) is 6.10 Å². The van der Waals surface area contributed by atoms with E-state index in [4.69, 9.17) is 0 Å². The number of aromatic nitrogens is 2. The summed E-state index contributed by atoms with van der Waals surface area (Å²) < 4.78 is 37.4. The van der Waals surface area contributed by atoms with Gasteiger partial charge in [-0.15, -0.1) is 0 Å². The predicted octanol–water partition coefficient (Wildman–Crippen LogP) is 2.17. The highest BCUT2D eigenvalue weighted by atomic mass is 79.9. The van der Waals surface area contributed by atoms with Gasteiger partial charge in [-0.2, -0.15) is 18.3 Å². The summed E-state index contributed by atoms with van der Waals surface area (Å²) in [6.07, 6.45) is -5.90. The van der Waals surface area contributed by atoms with Crippen LogP contribution in [0.3, 0.4) is 0 Å². The second kappa shape index (κ2) is 3.90. The molecule has 80 valence electrons. The number of hydrogen-bond donors (Lipinski definition) is 1. The largest absolute Gasteiger partial charge is 0.391 e. The highest BCUT2D eigenvalue weighted by Crippen LogP contribution is 2.32. The molecule has 0 aliphatic heterocycles. The van der Waals surface area contributed by atoms with Gasteiger partial charge in [-0.3, -0.25) is 4.68 Å². The number of nitrogens with zero attached hydrogens (tertiary/aromatic N) is 2. The van der Waals surface area contributed by atoms with Crippen molar-refractivity contribution in [1.29, 1.82) is 0 Å². The van der Waals surface area contributed by atoms with Gasteiger partial charge in [-0.05, 0) is 15.9 Å². The number of halogens is 4. The van der Waals surface area contributed by atoms with Crippen molar-refractivity contribution in [2.45, 2.75) is 18.7 Å². The van der Waals surface area contributed by atoms with Crippen molar-refractivity contribution in [1.82, 2.24) is 9.78 Å². The summed E-state index contributed by atoms with van der Waals surface area (Å²) >= 11 is 3.01. The molecule has 0 amide bonds. The van der Waals surface area contributed by atoms with Crippen molar-refractivity contribution in [2.24, 2.45) is 7.05 Å². The zero-order valence-corrected chi connectivity index (χ0v) is 8.80. The molecular weight excluding hydrogens is 265 g/mol. The first-order chi connectivity index (χ1) is 6.31. The molecule has 14 heavy (non-hydrogen) atoms. The second-order valence-electron chi connectivity index (χ2n) is 2.84. The molecule has 1 rings (SSSR count). The van der Waals surface area contributed by atoms with Crippen LogP contribution in [0.2, 0.25) is 0 Å². The highest BCUT2D eigenvalue weighted by molar-refractivity contribution is 9.10. The zero-order chi connectivity index (χ0) is 10.9. The average Bonchev–Trinajstić information content (AvgIpc) is 2.27. The van der Waals surface area contributed by atoms with Crippen molar-refractivity contribution in [3.05, 3.63) is 16.4 Å². The molecule has 1 unspecified atom stereocenters. The van der Waals surface area contributed by atoms with Crippen LogP contribution in [0, 0.1) is 0 Å². The van der Waals surface area contributed by atoms with E-state index in [1.807, 2.05) is 0 Å². The van der Waals surface area contributed by atoms with Crippen molar-refractivity contribution < 1.29 is 18.3 Å². The first-order valence-electron chi connectivity index (χ1n) is 3.73. The summed E-state index contributed by atoms with van der Waals surface area (Å²) in [6, 6.07) is 0. The maximum absolute atomic E-state index is 12.0. The molecule has 1 atom stereocenters. The van der Waals surface area contributed by atoms with Gasteiger partial charge in [0.25, 0.3) is 0 Å². The first-order valence-corrected chi connectivity index (χ1v) is 4.53. The molecule has 0 saturated carbocycles. The Morgan fingerprint density at radius 2 is 2.21 bits per heavy atom. The summed E-state index contributed by atoms with van der Waals surface area (Å²) in [5, 5.41) is 13.0. The zero-order valence-electron chi connectivity index (χ0n) is 7.22. The second-order valence-corrected chi connectivity index (χ2v) is 3.69. The van der Waals surface area contributed by atoms with Gasteiger partial charge >= 0.3 is 6.18 Å². The third kappa shape index (κ3) is 2.71. The Labute approximate surface area is 86.7 Å². The SMILES string of the molecule is Cn1ncc(Br)c1C(O)CC(F)(F)F. The van der Waals surface area contributed by atoms with Crippen molar-refractivity contribution >= 4 is 15.9 Å². The topological polar surface area (TPSA) is 38.0 Å². The molecule has 0 aliphatic rings. The molecule has 1 N–H and O–H groups in total. The maximum Gasteiger partial charge on any atom is 0.391 e. The van der Waals surface area contributed by atoms with Crippen LogP contribution in [0.4, 0.5) is 13.2 Å². The van der Waals surface area contributed by atoms with Gasteiger partial charge < -0.3 is 5.11 Å². The van der Waals surface area contributed by atoms with E-state index in [2.05, 4.69) is 21.0 Å². The summed E-state index contributed by atoms with van der Waals surface area (Å²) in [5.41, 5.74) is 0.127. The van der Waals surface area contributed by atoms with Crippen LogP contribution in [0.15, 0.2) is 10.7 Å². The third-order valence-corrected chi connectivity index (χ3v) is 2.29. The smallest absolute Gasteiger partial charge is 0.386 e. The summed E-state index contributed by atoms with van der Waals surface area (Å²) in [7, 11) is 1.47. The molecule has 0 aliphatic carbocycles. The molecule has 1 heterocycles. The average molecular weight is 273 g/mol. The fourth-order valence-electron chi connectivity index (χ4n) is 1.11. The van der Waals surface area contributed by atoms with E-state index in [-0.39, 0.29) is 5.69 Å². The molecular formula is C7H8BrF3N2O. The van der Waals surface area contributed by atoms with E-state index in [0.29, 0.717) is 4.47 Å². The normalized spacial score (nSPS) is 14.4. The molecule has 0 spiro atoms. The van der Waals surface area contributed by atoms with Gasteiger partial charge in [0.05, 0.1) is 22.8 Å². The Bertz CT molecular complexity index is 304. The number of aryl methyl sites for hydroxylation is 1. The molecule has 1 aromatic rings. The van der Waals surface area contributed by atoms with Gasteiger partial charge in [0, 0.05) is 7.05 Å². The number of aliphatic hydroxyl groups is 1. The van der Waals surface area contributed by atoms with Gasteiger partial charge in [0.2, 0.25) is 0 Å². The van der Waals surface area contributed by atoms with E-state index < -0.39 is 18.7 Å². The lowest BCUT2D eigenvalue weighted by molar-refractivity contribution is -0.155. The Morgan fingerprint density at radius 1 is 1.64 bits per heavy atom. The minimum absolute atomic E-state index is 0.127. The monoisotopic (exact) mass is 272 g/mol. The van der Waals surface area contributed by atoms with Gasteiger partial charge in [-0.1, -0.05) is 0 Å². The molecule has 3 nitrogen and oxygen atoms in total. The highest BCUT2D eigenvalue weighted by Gasteiger charge is 2.33. The standard InChI is InChI=1S/C7H8BrF3N2O/c1-13-6(4(8)3-12-13)5(14)2-7(9,10)11/h3,5,14H,2H2,1H3. The lowest BCUT2D eigenvalue weighted by Crippen LogP contribution is -2.16. The lowest BCUT2D eigenvalue weighted by Gasteiger charge is -2.13. The minimum Gasteiger partial charge on any atom is -0.386 e. The van der Waals surface area contributed by atoms with E-state index in [9.17, 15) is 18.3 Å². The molecule has 7 heteroatoms. The van der Waals surface area contributed by atoms with Crippen LogP contribution in [0.5, 0.6) is 0 Å². The lowest BCUT2D eigenvalue weighted by atomic mass is 10.2. The van der Waals surface area contributed by atoms with E-state index in [0.717, 1.165) is 0 Å². The van der Waals surface area contributed by atoms with E-state index >= 15 is 0 Å². The van der Waals surface area contributed by atoms with Crippen LogP contribution in [-0.2, 0) is 7.05 Å². The van der Waals surface area contributed by atoms with Crippen LogP contribution in [0.1, 0.15) is 18.2 Å². The fraction of sp³-hybridized carbons (Fsp3) is 0.571. The molecule has 0 radical (unpaired) electrons. The molecule has 0 bridgehead atoms. The molecule has 1 aromatic heterocycles. The number of alkyl halides is 3. The first kappa shape index (κ1) is 11.5. The maximum atomic E-state index is 12.0. The number of aliphatic hydroxyl groups excluding tert-OH is 1. The van der Waals surface area contributed by atoms with Crippen LogP contribution in [0.25, 0.3) is 0 Å². The third-order valence-electron chi connectivity index (χ3n) is 1.68. The van der Waals surface area contributed by atoms with E-state index in [1.54, 1.807) is 0 Å². The van der Waals surface area contributed by atoms with Crippen molar-refractivity contribution in [2.75, 3.05) is 0 Å². The quantitative estimate of drug-likeness (QED) is 0.896. The Kier molecular flexibility index (Phi) is 3.20. The van der Waals surface area contributed by atoms with Crippen molar-refractivity contribution in [3.8, 4) is 0 Å². The van der Waals surface area contributed by atoms with Crippen LogP contribution < -0.4 is 0 Å². The molecule has 0 aromatic carbocycles. The van der Waals surface area contributed by atoms with Gasteiger partial charge in [0.15, 0.2) is 0 Å². The predicted molar refractivity (Wildman–Crippen MR) is 46.5 cm³/mol. The Morgan fingerprint density at radius 3 is 2.57 bits per heavy atom. The van der Waals surface area contributed by atoms with Gasteiger partial charge in [-0.25, -0.2) is 0 Å². The molecule has 0 saturated heterocycles. The summed E-state index contributed by atoms with van der Waals surface area (Å²) in [6.45, 7) is 0. The Balaban J connectivity index is 2.84. The van der Waals surface area contributed by atoms with Crippen LogP contribution >= 0.6 is 15.9 Å². The summed E-state index contributed by atoms with van der Waals surface area (Å²) in [4.78, 5) is 0. The Hall–Kier alpha value is -0.560. The molecule has 0 fully saturated rings. The van der Waals surface area contributed by atoms with Crippen molar-refractivity contribution in [3.63, 3.8) is 0 Å². The fourth-order valence-corrected chi connectivity index (χ4v) is 1.72. The minimum atomic E-state index is -4.39. The van der Waals surface area contributed by atoms with E-state index in [1.165, 1.54) is 17.9 Å². The number of rotatable bonds is 2. The van der Waals surface area contributed by atoms with Crippen LogP contribution in [-0.4, -0.2) is 21.1 Å².